The molecular formula is C25H34ClFN2O3S. The van der Waals surface area contributed by atoms with E-state index in [9.17, 15) is 9.90 Å². The zero-order valence-electron chi connectivity index (χ0n) is 19.4. The van der Waals surface area contributed by atoms with Crippen molar-refractivity contribution in [3.05, 3.63) is 35.0 Å². The second-order valence-electron chi connectivity index (χ2n) is 8.77. The number of aromatic nitrogens is 1. The van der Waals surface area contributed by atoms with Crippen LogP contribution in [0, 0.1) is 11.8 Å². The van der Waals surface area contributed by atoms with Gasteiger partial charge in [0, 0.05) is 42.4 Å². The molecule has 3 atom stereocenters. The SMILES string of the molecule is CCCSCCN1CCC(CC[C@@H](F)c2c(Cl)cnc3ccc(OC)cc23)C(CC(=O)O)C1. The van der Waals surface area contributed by atoms with E-state index in [2.05, 4.69) is 16.8 Å². The Kier molecular flexibility index (Phi) is 10.1. The maximum atomic E-state index is 15.5. The van der Waals surface area contributed by atoms with Crippen molar-refractivity contribution in [1.29, 1.82) is 0 Å². The lowest BCUT2D eigenvalue weighted by atomic mass is 9.79. The molecule has 0 aliphatic carbocycles. The molecular weight excluding hydrogens is 463 g/mol. The number of hydrogen-bond donors (Lipinski definition) is 1. The van der Waals surface area contributed by atoms with E-state index in [1.165, 1.54) is 12.6 Å². The average Bonchev–Trinajstić information content (AvgIpc) is 2.80. The summed E-state index contributed by atoms with van der Waals surface area (Å²) in [4.78, 5) is 18.2. The molecule has 1 saturated heterocycles. The number of carboxylic acids is 1. The second kappa shape index (κ2) is 12.8. The summed E-state index contributed by atoms with van der Waals surface area (Å²) in [5, 5.41) is 10.4. The molecule has 2 aromatic rings. The monoisotopic (exact) mass is 496 g/mol. The zero-order valence-corrected chi connectivity index (χ0v) is 21.0. The molecule has 33 heavy (non-hydrogen) atoms. The summed E-state index contributed by atoms with van der Waals surface area (Å²) >= 11 is 8.32. The number of pyridine rings is 1. The molecule has 2 heterocycles. The number of alkyl halides is 1. The summed E-state index contributed by atoms with van der Waals surface area (Å²) < 4.78 is 20.8. The Balaban J connectivity index is 1.66. The Morgan fingerprint density at radius 3 is 2.94 bits per heavy atom. The van der Waals surface area contributed by atoms with Crippen LogP contribution in [0.2, 0.25) is 5.02 Å². The summed E-state index contributed by atoms with van der Waals surface area (Å²) in [6.45, 7) is 4.88. The van der Waals surface area contributed by atoms with Crippen molar-refractivity contribution in [3.8, 4) is 5.75 Å². The van der Waals surface area contributed by atoms with Crippen LogP contribution in [0.25, 0.3) is 10.9 Å². The number of hydrogen-bond acceptors (Lipinski definition) is 5. The van der Waals surface area contributed by atoms with E-state index in [-0.39, 0.29) is 18.3 Å². The Morgan fingerprint density at radius 1 is 1.39 bits per heavy atom. The second-order valence-corrected chi connectivity index (χ2v) is 10.4. The minimum Gasteiger partial charge on any atom is -0.497 e. The topological polar surface area (TPSA) is 62.7 Å². The first-order chi connectivity index (χ1) is 15.9. The van der Waals surface area contributed by atoms with E-state index in [0.717, 1.165) is 37.6 Å². The van der Waals surface area contributed by atoms with Gasteiger partial charge in [-0.15, -0.1) is 0 Å². The van der Waals surface area contributed by atoms with Crippen LogP contribution < -0.4 is 4.74 Å². The van der Waals surface area contributed by atoms with Crippen molar-refractivity contribution in [1.82, 2.24) is 9.88 Å². The number of methoxy groups -OCH3 is 1. The van der Waals surface area contributed by atoms with Crippen LogP contribution >= 0.6 is 23.4 Å². The van der Waals surface area contributed by atoms with E-state index in [1.807, 2.05) is 11.8 Å². The summed E-state index contributed by atoms with van der Waals surface area (Å²) in [7, 11) is 1.57. The van der Waals surface area contributed by atoms with Gasteiger partial charge < -0.3 is 14.7 Å². The Bertz CT molecular complexity index is 932. The maximum absolute atomic E-state index is 15.5. The summed E-state index contributed by atoms with van der Waals surface area (Å²) in [6.07, 6.45) is 3.41. The highest BCUT2D eigenvalue weighted by molar-refractivity contribution is 7.99. The molecule has 2 unspecified atom stereocenters. The molecule has 1 aliphatic heterocycles. The van der Waals surface area contributed by atoms with Gasteiger partial charge in [0.15, 0.2) is 0 Å². The number of halogens is 2. The fraction of sp³-hybridized carbons (Fsp3) is 0.600. The zero-order chi connectivity index (χ0) is 23.8. The Morgan fingerprint density at radius 2 is 2.21 bits per heavy atom. The van der Waals surface area contributed by atoms with Crippen LogP contribution in [-0.4, -0.2) is 59.2 Å². The van der Waals surface area contributed by atoms with Crippen molar-refractivity contribution in [3.63, 3.8) is 0 Å². The molecule has 1 aliphatic rings. The number of ether oxygens (including phenoxy) is 1. The summed E-state index contributed by atoms with van der Waals surface area (Å²) in [5.41, 5.74) is 1.12. The maximum Gasteiger partial charge on any atom is 0.303 e. The van der Waals surface area contributed by atoms with Crippen molar-refractivity contribution >= 4 is 40.2 Å². The van der Waals surface area contributed by atoms with E-state index in [1.54, 1.807) is 25.3 Å². The van der Waals surface area contributed by atoms with Crippen LogP contribution in [0.5, 0.6) is 5.75 Å². The number of likely N-dealkylation sites (tertiary alicyclic amines) is 1. The van der Waals surface area contributed by atoms with Gasteiger partial charge in [0.25, 0.3) is 0 Å². The van der Waals surface area contributed by atoms with E-state index < -0.39 is 12.1 Å². The fourth-order valence-corrected chi connectivity index (χ4v) is 5.90. The molecule has 1 aromatic heterocycles. The van der Waals surface area contributed by atoms with Crippen LogP contribution in [-0.2, 0) is 4.79 Å². The third-order valence-corrected chi connectivity index (χ3v) is 7.95. The summed E-state index contributed by atoms with van der Waals surface area (Å²) in [6, 6.07) is 5.38. The fourth-order valence-electron chi connectivity index (χ4n) is 4.75. The number of carbonyl (C=O) groups is 1. The molecule has 5 nitrogen and oxygen atoms in total. The van der Waals surface area contributed by atoms with Gasteiger partial charge in [0.05, 0.1) is 17.6 Å². The lowest BCUT2D eigenvalue weighted by molar-refractivity contribution is -0.139. The van der Waals surface area contributed by atoms with Crippen LogP contribution in [0.15, 0.2) is 24.4 Å². The minimum absolute atomic E-state index is 0.0457. The predicted octanol–water partition coefficient (Wildman–Crippen LogP) is 6.24. The first-order valence-electron chi connectivity index (χ1n) is 11.7. The molecule has 0 bridgehead atoms. The molecule has 3 rings (SSSR count). The number of thioether (sulfide) groups is 1. The Hall–Kier alpha value is -1.57. The van der Waals surface area contributed by atoms with Gasteiger partial charge in [-0.1, -0.05) is 18.5 Å². The number of fused-ring (bicyclic) bond motifs is 1. The highest BCUT2D eigenvalue weighted by atomic mass is 35.5. The highest BCUT2D eigenvalue weighted by Gasteiger charge is 2.31. The highest BCUT2D eigenvalue weighted by Crippen LogP contribution is 2.39. The number of nitrogens with zero attached hydrogens (tertiary/aromatic N) is 2. The lowest BCUT2D eigenvalue weighted by Gasteiger charge is -2.38. The smallest absolute Gasteiger partial charge is 0.303 e. The molecule has 0 amide bonds. The quantitative estimate of drug-likeness (QED) is 0.351. The molecule has 0 spiro atoms. The average molecular weight is 497 g/mol. The molecule has 8 heteroatoms. The normalized spacial score (nSPS) is 20.1. The molecule has 1 fully saturated rings. The molecule has 1 aromatic carbocycles. The van der Waals surface area contributed by atoms with E-state index in [0.29, 0.717) is 40.1 Å². The first-order valence-corrected chi connectivity index (χ1v) is 13.2. The summed E-state index contributed by atoms with van der Waals surface area (Å²) in [5.74, 6) is 2.32. The molecule has 0 radical (unpaired) electrons. The van der Waals surface area contributed by atoms with Gasteiger partial charge >= 0.3 is 5.97 Å². The molecule has 182 valence electrons. The van der Waals surface area contributed by atoms with Gasteiger partial charge in [-0.25, -0.2) is 4.39 Å². The minimum atomic E-state index is -1.25. The third kappa shape index (κ3) is 7.20. The van der Waals surface area contributed by atoms with Gasteiger partial charge in [-0.05, 0) is 68.0 Å². The number of aliphatic carboxylic acids is 1. The number of piperidine rings is 1. The standard InChI is InChI=1S/C25H34ClFN2O3S/c1-3-11-33-12-10-29-9-8-17(18(16-29)13-24(30)31)4-6-22(27)25-20-14-19(32-2)5-7-23(20)28-15-21(25)26/h5,7,14-15,17-18,22H,3-4,6,8-13,16H2,1-2H3,(H,30,31)/t17?,18?,22-/m1/s1. The molecule has 0 saturated carbocycles. The van der Waals surface area contributed by atoms with E-state index >= 15 is 4.39 Å². The number of benzene rings is 1. The predicted molar refractivity (Wildman–Crippen MR) is 134 cm³/mol. The van der Waals surface area contributed by atoms with Gasteiger partial charge in [0.1, 0.15) is 11.9 Å². The van der Waals surface area contributed by atoms with Gasteiger partial charge in [-0.3, -0.25) is 9.78 Å². The van der Waals surface area contributed by atoms with Gasteiger partial charge in [-0.2, -0.15) is 11.8 Å². The largest absolute Gasteiger partial charge is 0.497 e. The van der Waals surface area contributed by atoms with Crippen molar-refractivity contribution < 1.29 is 19.0 Å². The van der Waals surface area contributed by atoms with Crippen molar-refractivity contribution in [2.75, 3.05) is 38.2 Å². The van der Waals surface area contributed by atoms with Crippen LogP contribution in [0.1, 0.15) is 50.8 Å². The van der Waals surface area contributed by atoms with E-state index in [4.69, 9.17) is 16.3 Å². The van der Waals surface area contributed by atoms with Crippen LogP contribution in [0.3, 0.4) is 0 Å². The van der Waals surface area contributed by atoms with Crippen molar-refractivity contribution in [2.45, 2.75) is 45.2 Å². The third-order valence-electron chi connectivity index (χ3n) is 6.48. The lowest BCUT2D eigenvalue weighted by Crippen LogP contribution is -2.42. The Labute approximate surface area is 205 Å². The number of rotatable bonds is 12. The van der Waals surface area contributed by atoms with Gasteiger partial charge in [0.2, 0.25) is 0 Å². The molecule has 1 N–H and O–H groups in total. The number of carboxylic acid groups (broad SMARTS) is 1. The van der Waals surface area contributed by atoms with Crippen molar-refractivity contribution in [2.24, 2.45) is 11.8 Å². The van der Waals surface area contributed by atoms with Crippen LogP contribution in [0.4, 0.5) is 4.39 Å². The first kappa shape index (κ1) is 26.0.